The largest absolute Gasteiger partial charge is 0.504 e. The minimum absolute atomic E-state index is 0.180. The minimum atomic E-state index is -0.206. The molecule has 0 bridgehead atoms. The van der Waals surface area contributed by atoms with Crippen LogP contribution in [0.15, 0.2) is 60.7 Å². The van der Waals surface area contributed by atoms with Crippen LogP contribution in [-0.2, 0) is 0 Å². The van der Waals surface area contributed by atoms with Crippen molar-refractivity contribution in [3.63, 3.8) is 0 Å². The maximum Gasteiger partial charge on any atom is 0.158 e. The second-order valence-electron chi connectivity index (χ2n) is 5.48. The third kappa shape index (κ3) is 4.08. The normalized spacial score (nSPS) is 9.54. The Labute approximate surface area is 150 Å². The van der Waals surface area contributed by atoms with Gasteiger partial charge in [0.25, 0.3) is 0 Å². The molecule has 0 aromatic heterocycles. The van der Waals surface area contributed by atoms with Gasteiger partial charge in [0.2, 0.25) is 0 Å². The van der Waals surface area contributed by atoms with Gasteiger partial charge in [-0.25, -0.2) is 0 Å². The van der Waals surface area contributed by atoms with Gasteiger partial charge in [-0.2, -0.15) is 0 Å². The summed E-state index contributed by atoms with van der Waals surface area (Å²) < 4.78 is 0. The summed E-state index contributed by atoms with van der Waals surface area (Å²) in [6, 6.07) is 16.1. The molecule has 126 valence electrons. The van der Waals surface area contributed by atoms with Crippen LogP contribution in [0.5, 0.6) is 23.0 Å². The Hall–Kier alpha value is -4.02. The van der Waals surface area contributed by atoms with E-state index in [9.17, 15) is 20.4 Å². The Morgan fingerprint density at radius 1 is 0.385 bits per heavy atom. The molecule has 3 aromatic carbocycles. The van der Waals surface area contributed by atoms with E-state index >= 15 is 0 Å². The number of benzene rings is 3. The van der Waals surface area contributed by atoms with Crippen molar-refractivity contribution in [3.8, 4) is 46.7 Å². The highest BCUT2D eigenvalue weighted by Crippen LogP contribution is 2.25. The van der Waals surface area contributed by atoms with Crippen molar-refractivity contribution in [2.75, 3.05) is 0 Å². The van der Waals surface area contributed by atoms with Crippen molar-refractivity contribution < 1.29 is 20.4 Å². The zero-order valence-corrected chi connectivity index (χ0v) is 13.6. The first-order valence-corrected chi connectivity index (χ1v) is 7.69. The van der Waals surface area contributed by atoms with Gasteiger partial charge in [0.05, 0.1) is 0 Å². The molecule has 0 unspecified atom stereocenters. The molecule has 4 heteroatoms. The Balaban J connectivity index is 1.75. The maximum absolute atomic E-state index is 9.46. The van der Waals surface area contributed by atoms with Crippen molar-refractivity contribution in [1.29, 1.82) is 0 Å². The van der Waals surface area contributed by atoms with Gasteiger partial charge in [-0.15, -0.1) is 0 Å². The minimum Gasteiger partial charge on any atom is -0.504 e. The fourth-order valence-corrected chi connectivity index (χ4v) is 2.13. The van der Waals surface area contributed by atoms with E-state index in [0.29, 0.717) is 11.1 Å². The number of rotatable bonds is 0. The second-order valence-corrected chi connectivity index (χ2v) is 5.48. The number of hydrogen-bond acceptors (Lipinski definition) is 4. The highest BCUT2D eigenvalue weighted by Gasteiger charge is 1.99. The molecule has 0 atom stereocenters. The van der Waals surface area contributed by atoms with Crippen molar-refractivity contribution >= 4 is 0 Å². The van der Waals surface area contributed by atoms with Crippen LogP contribution in [0.4, 0.5) is 0 Å². The zero-order chi connectivity index (χ0) is 18.5. The van der Waals surface area contributed by atoms with E-state index in [4.69, 9.17) is 0 Å². The summed E-state index contributed by atoms with van der Waals surface area (Å²) in [4.78, 5) is 0. The first-order valence-electron chi connectivity index (χ1n) is 7.69. The predicted molar refractivity (Wildman–Crippen MR) is 97.9 cm³/mol. The summed E-state index contributed by atoms with van der Waals surface area (Å²) in [5.74, 6) is 11.0. The molecule has 0 aliphatic rings. The van der Waals surface area contributed by atoms with Gasteiger partial charge in [-0.1, -0.05) is 23.7 Å². The summed E-state index contributed by atoms with van der Waals surface area (Å²) in [6.45, 7) is 0. The SMILES string of the molecule is Oc1ccc(C#Cc2ccc(C#Cc3ccc(O)c(O)c3)cc2)cc1O. The predicted octanol–water partition coefficient (Wildman–Crippen LogP) is 3.31. The van der Waals surface area contributed by atoms with Crippen LogP contribution in [0.3, 0.4) is 0 Å². The van der Waals surface area contributed by atoms with Gasteiger partial charge in [0.1, 0.15) is 0 Å². The van der Waals surface area contributed by atoms with E-state index in [-0.39, 0.29) is 23.0 Å². The van der Waals surface area contributed by atoms with Gasteiger partial charge < -0.3 is 20.4 Å². The van der Waals surface area contributed by atoms with Gasteiger partial charge in [-0.05, 0) is 60.7 Å². The molecule has 4 nitrogen and oxygen atoms in total. The summed E-state index contributed by atoms with van der Waals surface area (Å²) in [7, 11) is 0. The average molecular weight is 342 g/mol. The van der Waals surface area contributed by atoms with E-state index in [1.165, 1.54) is 24.3 Å². The molecule has 0 amide bonds. The molecule has 0 spiro atoms. The van der Waals surface area contributed by atoms with Crippen LogP contribution in [0.25, 0.3) is 0 Å². The lowest BCUT2D eigenvalue weighted by molar-refractivity contribution is 0.403. The van der Waals surface area contributed by atoms with Crippen LogP contribution in [0.2, 0.25) is 0 Å². The number of hydrogen-bond donors (Lipinski definition) is 4. The van der Waals surface area contributed by atoms with Gasteiger partial charge in [0, 0.05) is 22.3 Å². The standard InChI is InChI=1S/C22H14O4/c23-19-11-9-17(13-21(19)25)7-5-15-1-2-16(4-3-15)6-8-18-10-12-20(24)22(26)14-18/h1-4,9-14,23-26H. The molecule has 0 saturated heterocycles. The molecule has 3 aromatic rings. The summed E-state index contributed by atoms with van der Waals surface area (Å²) in [6.07, 6.45) is 0. The highest BCUT2D eigenvalue weighted by atomic mass is 16.3. The van der Waals surface area contributed by atoms with Crippen LogP contribution >= 0.6 is 0 Å². The Kier molecular flexibility index (Phi) is 4.69. The number of aromatic hydroxyl groups is 4. The Morgan fingerprint density at radius 2 is 0.692 bits per heavy atom. The topological polar surface area (TPSA) is 80.9 Å². The van der Waals surface area contributed by atoms with Crippen LogP contribution in [-0.4, -0.2) is 20.4 Å². The van der Waals surface area contributed by atoms with E-state index in [1.54, 1.807) is 12.1 Å². The molecule has 4 N–H and O–H groups in total. The van der Waals surface area contributed by atoms with E-state index < -0.39 is 0 Å². The third-order valence-electron chi connectivity index (χ3n) is 3.54. The molecule has 0 fully saturated rings. The number of phenols is 4. The molecule has 0 aliphatic carbocycles. The number of phenolic OH excluding ortho intramolecular Hbond substituents is 4. The van der Waals surface area contributed by atoms with E-state index in [2.05, 4.69) is 23.7 Å². The monoisotopic (exact) mass is 342 g/mol. The van der Waals surface area contributed by atoms with Crippen molar-refractivity contribution in [3.05, 3.63) is 82.9 Å². The Bertz CT molecular complexity index is 987. The van der Waals surface area contributed by atoms with Gasteiger partial charge in [-0.3, -0.25) is 0 Å². The summed E-state index contributed by atoms with van der Waals surface area (Å²) >= 11 is 0. The zero-order valence-electron chi connectivity index (χ0n) is 13.6. The molecular formula is C22H14O4. The van der Waals surface area contributed by atoms with Crippen molar-refractivity contribution in [2.24, 2.45) is 0 Å². The summed E-state index contributed by atoms with van der Waals surface area (Å²) in [5, 5.41) is 37.5. The molecule has 0 saturated carbocycles. The third-order valence-corrected chi connectivity index (χ3v) is 3.54. The summed E-state index contributed by atoms with van der Waals surface area (Å²) in [5.41, 5.74) is 2.75. The van der Waals surface area contributed by atoms with Crippen LogP contribution in [0.1, 0.15) is 22.3 Å². The highest BCUT2D eigenvalue weighted by molar-refractivity contribution is 5.52. The van der Waals surface area contributed by atoms with E-state index in [1.807, 2.05) is 24.3 Å². The van der Waals surface area contributed by atoms with Crippen molar-refractivity contribution in [2.45, 2.75) is 0 Å². The lowest BCUT2D eigenvalue weighted by Crippen LogP contribution is -1.80. The molecular weight excluding hydrogens is 328 g/mol. The molecule has 0 aliphatic heterocycles. The maximum atomic E-state index is 9.46. The van der Waals surface area contributed by atoms with E-state index in [0.717, 1.165) is 11.1 Å². The quantitative estimate of drug-likeness (QED) is 0.373. The first kappa shape index (κ1) is 16.8. The molecule has 3 rings (SSSR count). The fraction of sp³-hybridized carbons (Fsp3) is 0. The van der Waals surface area contributed by atoms with Gasteiger partial charge >= 0.3 is 0 Å². The lowest BCUT2D eigenvalue weighted by atomic mass is 10.1. The second kappa shape index (κ2) is 7.25. The smallest absolute Gasteiger partial charge is 0.158 e. The van der Waals surface area contributed by atoms with Gasteiger partial charge in [0.15, 0.2) is 23.0 Å². The molecule has 26 heavy (non-hydrogen) atoms. The van der Waals surface area contributed by atoms with Crippen LogP contribution < -0.4 is 0 Å². The van der Waals surface area contributed by atoms with Crippen LogP contribution in [0, 0.1) is 23.7 Å². The average Bonchev–Trinajstić information content (AvgIpc) is 2.64. The molecule has 0 radical (unpaired) electrons. The Morgan fingerprint density at radius 3 is 1.04 bits per heavy atom. The molecule has 0 heterocycles. The van der Waals surface area contributed by atoms with Crippen molar-refractivity contribution in [1.82, 2.24) is 0 Å². The fourth-order valence-electron chi connectivity index (χ4n) is 2.13. The lowest BCUT2D eigenvalue weighted by Gasteiger charge is -1.97. The first-order chi connectivity index (χ1) is 12.5.